The first kappa shape index (κ1) is 24.5. The Kier molecular flexibility index (Phi) is 8.06. The number of rotatable bonds is 8. The summed E-state index contributed by atoms with van der Waals surface area (Å²) in [5.74, 6) is 0.452. The Labute approximate surface area is 188 Å². The van der Waals surface area contributed by atoms with Crippen LogP contribution in [0.15, 0.2) is 0 Å². The topological polar surface area (TPSA) is 76.7 Å². The van der Waals surface area contributed by atoms with Gasteiger partial charge >= 0.3 is 11.9 Å². The van der Waals surface area contributed by atoms with Gasteiger partial charge in [0.1, 0.15) is 11.2 Å². The third-order valence-electron chi connectivity index (χ3n) is 8.10. The van der Waals surface area contributed by atoms with E-state index >= 15 is 0 Å². The van der Waals surface area contributed by atoms with Gasteiger partial charge < -0.3 is 20.1 Å². The van der Waals surface area contributed by atoms with Crippen LogP contribution in [0.1, 0.15) is 91.9 Å². The van der Waals surface area contributed by atoms with E-state index in [2.05, 4.69) is 10.6 Å². The Morgan fingerprint density at radius 1 is 0.742 bits per heavy atom. The van der Waals surface area contributed by atoms with Crippen LogP contribution in [-0.4, -0.2) is 49.3 Å². The highest BCUT2D eigenvalue weighted by molar-refractivity contribution is 5.75. The fourth-order valence-electron chi connectivity index (χ4n) is 6.01. The number of ether oxygens (including phenoxy) is 2. The van der Waals surface area contributed by atoms with Gasteiger partial charge in [0, 0.05) is 11.8 Å². The standard InChI is InChI=1S/C25H44N2O4/c1-23(2,19-7-13-26-14-8-19)30-21(28)17-25(11-5-6-12-25)18-22(29)31-24(3,4)20-9-15-27-16-10-20/h19-20,26-27H,5-18H2,1-4H3. The van der Waals surface area contributed by atoms with E-state index in [9.17, 15) is 9.59 Å². The molecule has 2 N–H and O–H groups in total. The van der Waals surface area contributed by atoms with Crippen molar-refractivity contribution >= 4 is 11.9 Å². The van der Waals surface area contributed by atoms with E-state index in [0.717, 1.165) is 77.5 Å². The molecule has 2 heterocycles. The second kappa shape index (κ2) is 10.2. The normalized spacial score (nSPS) is 23.5. The van der Waals surface area contributed by atoms with E-state index in [1.807, 2.05) is 27.7 Å². The number of hydrogen-bond acceptors (Lipinski definition) is 6. The lowest BCUT2D eigenvalue weighted by Gasteiger charge is -2.39. The molecule has 0 amide bonds. The zero-order chi connectivity index (χ0) is 22.5. The molecule has 6 nitrogen and oxygen atoms in total. The summed E-state index contributed by atoms with van der Waals surface area (Å²) in [7, 11) is 0. The molecule has 1 aliphatic carbocycles. The monoisotopic (exact) mass is 436 g/mol. The van der Waals surface area contributed by atoms with Crippen molar-refractivity contribution in [2.45, 2.75) is 103 Å². The number of hydrogen-bond donors (Lipinski definition) is 2. The van der Waals surface area contributed by atoms with Crippen LogP contribution in [0.2, 0.25) is 0 Å². The molecule has 0 bridgehead atoms. The molecule has 0 aromatic heterocycles. The zero-order valence-corrected chi connectivity index (χ0v) is 20.2. The fraction of sp³-hybridized carbons (Fsp3) is 0.920. The summed E-state index contributed by atoms with van der Waals surface area (Å²) < 4.78 is 12.0. The first-order valence-corrected chi connectivity index (χ1v) is 12.5. The molecule has 1 saturated carbocycles. The van der Waals surface area contributed by atoms with Crippen molar-refractivity contribution < 1.29 is 19.1 Å². The van der Waals surface area contributed by atoms with Crippen molar-refractivity contribution in [1.29, 1.82) is 0 Å². The summed E-state index contributed by atoms with van der Waals surface area (Å²) in [4.78, 5) is 26.0. The summed E-state index contributed by atoms with van der Waals surface area (Å²) in [6, 6.07) is 0. The Morgan fingerprint density at radius 2 is 1.10 bits per heavy atom. The predicted molar refractivity (Wildman–Crippen MR) is 122 cm³/mol. The largest absolute Gasteiger partial charge is 0.459 e. The van der Waals surface area contributed by atoms with E-state index in [1.54, 1.807) is 0 Å². The van der Waals surface area contributed by atoms with E-state index in [4.69, 9.17) is 9.47 Å². The average Bonchev–Trinajstić information content (AvgIpc) is 3.15. The van der Waals surface area contributed by atoms with Gasteiger partial charge in [-0.3, -0.25) is 9.59 Å². The third kappa shape index (κ3) is 6.67. The Hall–Kier alpha value is -1.14. The van der Waals surface area contributed by atoms with Gasteiger partial charge in [-0.05, 0) is 97.8 Å². The van der Waals surface area contributed by atoms with Crippen molar-refractivity contribution in [3.63, 3.8) is 0 Å². The minimum Gasteiger partial charge on any atom is -0.459 e. The number of carbonyl (C=O) groups excluding carboxylic acids is 2. The SMILES string of the molecule is CC(C)(OC(=O)CC1(CC(=O)OC(C)(C)C2CCNCC2)CCCC1)C1CCNCC1. The highest BCUT2D eigenvalue weighted by Gasteiger charge is 2.43. The first-order valence-electron chi connectivity index (χ1n) is 12.5. The molecule has 0 radical (unpaired) electrons. The number of nitrogens with one attached hydrogen (secondary N) is 2. The second-order valence-electron chi connectivity index (χ2n) is 11.3. The van der Waals surface area contributed by atoms with E-state index in [0.29, 0.717) is 24.7 Å². The molecular weight excluding hydrogens is 392 g/mol. The van der Waals surface area contributed by atoms with E-state index in [1.165, 1.54) is 0 Å². The molecule has 6 heteroatoms. The molecule has 0 aromatic carbocycles. The van der Waals surface area contributed by atoms with Gasteiger partial charge in [0.25, 0.3) is 0 Å². The molecule has 2 aliphatic heterocycles. The molecule has 2 saturated heterocycles. The van der Waals surface area contributed by atoms with Crippen LogP contribution >= 0.6 is 0 Å². The third-order valence-corrected chi connectivity index (χ3v) is 8.10. The van der Waals surface area contributed by atoms with Gasteiger partial charge in [-0.15, -0.1) is 0 Å². The van der Waals surface area contributed by atoms with Crippen LogP contribution in [0.3, 0.4) is 0 Å². The average molecular weight is 437 g/mol. The summed E-state index contributed by atoms with van der Waals surface area (Å²) in [6.45, 7) is 12.1. The second-order valence-corrected chi connectivity index (χ2v) is 11.3. The Balaban J connectivity index is 1.57. The highest BCUT2D eigenvalue weighted by Crippen LogP contribution is 2.45. The highest BCUT2D eigenvalue weighted by atomic mass is 16.6. The van der Waals surface area contributed by atoms with Crippen LogP contribution in [0.5, 0.6) is 0 Å². The first-order chi connectivity index (χ1) is 14.6. The molecule has 3 aliphatic rings. The van der Waals surface area contributed by atoms with Crippen LogP contribution < -0.4 is 10.6 Å². The quantitative estimate of drug-likeness (QED) is 0.561. The molecule has 31 heavy (non-hydrogen) atoms. The fourth-order valence-corrected chi connectivity index (χ4v) is 6.01. The van der Waals surface area contributed by atoms with Crippen molar-refractivity contribution in [1.82, 2.24) is 10.6 Å². The lowest BCUT2D eigenvalue weighted by Crippen LogP contribution is -2.44. The van der Waals surface area contributed by atoms with Crippen molar-refractivity contribution in [2.24, 2.45) is 17.3 Å². The Morgan fingerprint density at radius 3 is 1.45 bits per heavy atom. The summed E-state index contributed by atoms with van der Waals surface area (Å²) >= 11 is 0. The molecule has 3 rings (SSSR count). The van der Waals surface area contributed by atoms with Gasteiger partial charge in [-0.2, -0.15) is 0 Å². The van der Waals surface area contributed by atoms with E-state index < -0.39 is 11.2 Å². The van der Waals surface area contributed by atoms with Gasteiger partial charge in [-0.1, -0.05) is 12.8 Å². The number of piperidine rings is 2. The predicted octanol–water partition coefficient (Wildman–Crippen LogP) is 3.97. The van der Waals surface area contributed by atoms with Crippen LogP contribution in [0, 0.1) is 17.3 Å². The molecule has 0 unspecified atom stereocenters. The molecular formula is C25H44N2O4. The molecule has 178 valence electrons. The van der Waals surface area contributed by atoms with Crippen LogP contribution in [-0.2, 0) is 19.1 Å². The van der Waals surface area contributed by atoms with Gasteiger partial charge in [-0.25, -0.2) is 0 Å². The molecule has 3 fully saturated rings. The maximum Gasteiger partial charge on any atom is 0.306 e. The maximum atomic E-state index is 13.0. The van der Waals surface area contributed by atoms with Gasteiger partial charge in [0.2, 0.25) is 0 Å². The van der Waals surface area contributed by atoms with E-state index in [-0.39, 0.29) is 17.4 Å². The molecule has 0 spiro atoms. The molecule has 0 atom stereocenters. The van der Waals surface area contributed by atoms with Crippen molar-refractivity contribution in [3.05, 3.63) is 0 Å². The number of esters is 2. The maximum absolute atomic E-state index is 13.0. The van der Waals surface area contributed by atoms with Gasteiger partial charge in [0.15, 0.2) is 0 Å². The summed E-state index contributed by atoms with van der Waals surface area (Å²) in [6.07, 6.45) is 8.71. The summed E-state index contributed by atoms with van der Waals surface area (Å²) in [5.41, 5.74) is -1.23. The Bertz CT molecular complexity index is 565. The lowest BCUT2D eigenvalue weighted by molar-refractivity contribution is -0.169. The zero-order valence-electron chi connectivity index (χ0n) is 20.2. The van der Waals surface area contributed by atoms with Crippen LogP contribution in [0.25, 0.3) is 0 Å². The van der Waals surface area contributed by atoms with Crippen molar-refractivity contribution in [2.75, 3.05) is 26.2 Å². The summed E-state index contributed by atoms with van der Waals surface area (Å²) in [5, 5.41) is 6.75. The van der Waals surface area contributed by atoms with Gasteiger partial charge in [0.05, 0.1) is 12.8 Å². The minimum absolute atomic E-state index is 0.157. The number of carbonyl (C=O) groups is 2. The molecule has 0 aromatic rings. The van der Waals surface area contributed by atoms with Crippen molar-refractivity contribution in [3.8, 4) is 0 Å². The smallest absolute Gasteiger partial charge is 0.306 e. The lowest BCUT2D eigenvalue weighted by atomic mass is 9.78. The van der Waals surface area contributed by atoms with Crippen LogP contribution in [0.4, 0.5) is 0 Å². The minimum atomic E-state index is -0.462.